The number of rotatable bonds is 6. The maximum atomic E-state index is 12.7. The zero-order valence-corrected chi connectivity index (χ0v) is 19.3. The SMILES string of the molecule is Cc1ccccc1C(=O)Oc1ccc(C(=O)COC(=O)[C@@H]2[C@H]3C[C@H]4[C@H](OC(=O)[C@H]42)[C@@H]3Br)cc1. The molecule has 0 unspecified atom stereocenters. The summed E-state index contributed by atoms with van der Waals surface area (Å²) >= 11 is 3.56. The first kappa shape index (κ1) is 21.8. The molecule has 2 bridgehead atoms. The zero-order valence-electron chi connectivity index (χ0n) is 17.7. The quantitative estimate of drug-likeness (QED) is 0.253. The van der Waals surface area contributed by atoms with Crippen molar-refractivity contribution in [3.05, 3.63) is 65.2 Å². The minimum atomic E-state index is -0.582. The number of benzene rings is 2. The van der Waals surface area contributed by atoms with Crippen molar-refractivity contribution in [1.29, 1.82) is 0 Å². The predicted octanol–water partition coefficient (Wildman–Crippen LogP) is 3.51. The first-order chi connectivity index (χ1) is 15.8. The van der Waals surface area contributed by atoms with Crippen molar-refractivity contribution in [2.24, 2.45) is 23.7 Å². The van der Waals surface area contributed by atoms with Crippen LogP contribution in [0.4, 0.5) is 0 Å². The topological polar surface area (TPSA) is 96.0 Å². The van der Waals surface area contributed by atoms with E-state index in [9.17, 15) is 19.2 Å². The van der Waals surface area contributed by atoms with Crippen molar-refractivity contribution in [3.63, 3.8) is 0 Å². The van der Waals surface area contributed by atoms with Crippen LogP contribution in [-0.2, 0) is 19.1 Å². The van der Waals surface area contributed by atoms with Crippen LogP contribution in [0.2, 0.25) is 0 Å². The molecule has 2 saturated carbocycles. The Bertz CT molecular complexity index is 1140. The van der Waals surface area contributed by atoms with Gasteiger partial charge in [0, 0.05) is 11.5 Å². The molecule has 0 radical (unpaired) electrons. The summed E-state index contributed by atoms with van der Waals surface area (Å²) in [6.45, 7) is 1.40. The summed E-state index contributed by atoms with van der Waals surface area (Å²) in [4.78, 5) is 49.7. The molecule has 2 aromatic carbocycles. The number of alkyl halides is 1. The lowest BCUT2D eigenvalue weighted by atomic mass is 9.80. The molecule has 3 aliphatic rings. The minimum Gasteiger partial charge on any atom is -0.461 e. The number of carbonyl (C=O) groups excluding carboxylic acids is 4. The highest BCUT2D eigenvalue weighted by atomic mass is 79.9. The van der Waals surface area contributed by atoms with Crippen LogP contribution in [-0.4, -0.2) is 41.2 Å². The molecule has 0 aromatic heterocycles. The van der Waals surface area contributed by atoms with Crippen LogP contribution in [0.3, 0.4) is 0 Å². The van der Waals surface area contributed by atoms with E-state index in [1.165, 1.54) is 24.3 Å². The number of halogens is 1. The molecule has 3 fully saturated rings. The van der Waals surface area contributed by atoms with Crippen molar-refractivity contribution >= 4 is 39.6 Å². The first-order valence-corrected chi connectivity index (χ1v) is 11.7. The molecule has 0 spiro atoms. The van der Waals surface area contributed by atoms with E-state index in [2.05, 4.69) is 15.9 Å². The van der Waals surface area contributed by atoms with E-state index in [1.807, 2.05) is 19.1 Å². The van der Waals surface area contributed by atoms with E-state index in [0.717, 1.165) is 12.0 Å². The Labute approximate surface area is 198 Å². The smallest absolute Gasteiger partial charge is 0.343 e. The molecule has 8 heteroatoms. The maximum Gasteiger partial charge on any atom is 0.343 e. The van der Waals surface area contributed by atoms with Gasteiger partial charge in [0.15, 0.2) is 12.4 Å². The van der Waals surface area contributed by atoms with E-state index < -0.39 is 30.4 Å². The maximum absolute atomic E-state index is 12.7. The Kier molecular flexibility index (Phi) is 5.56. The molecule has 0 N–H and O–H groups in total. The van der Waals surface area contributed by atoms with Gasteiger partial charge in [-0.1, -0.05) is 34.1 Å². The number of carbonyl (C=O) groups is 4. The van der Waals surface area contributed by atoms with E-state index in [4.69, 9.17) is 14.2 Å². The number of hydrogen-bond donors (Lipinski definition) is 0. The second-order valence-electron chi connectivity index (χ2n) is 8.72. The molecule has 7 nitrogen and oxygen atoms in total. The molecular weight excluding hydrogens is 492 g/mol. The van der Waals surface area contributed by atoms with Crippen molar-refractivity contribution in [1.82, 2.24) is 0 Å². The third kappa shape index (κ3) is 3.76. The number of ketones is 1. The summed E-state index contributed by atoms with van der Waals surface area (Å²) in [6.07, 6.45) is 0.574. The third-order valence-corrected chi connectivity index (χ3v) is 8.09. The molecular formula is C25H21BrO7. The van der Waals surface area contributed by atoms with Gasteiger partial charge < -0.3 is 14.2 Å². The fourth-order valence-electron chi connectivity index (χ4n) is 5.28. The van der Waals surface area contributed by atoms with Crippen LogP contribution in [0.25, 0.3) is 0 Å². The zero-order chi connectivity index (χ0) is 23.3. The Morgan fingerprint density at radius 2 is 1.79 bits per heavy atom. The summed E-state index contributed by atoms with van der Waals surface area (Å²) in [5.41, 5.74) is 1.60. The molecule has 2 aromatic rings. The van der Waals surface area contributed by atoms with Crippen LogP contribution in [0.1, 0.15) is 32.7 Å². The Balaban J connectivity index is 1.18. The molecule has 2 aliphatic carbocycles. The van der Waals surface area contributed by atoms with Gasteiger partial charge in [-0.25, -0.2) is 4.79 Å². The largest absolute Gasteiger partial charge is 0.461 e. The number of aryl methyl sites for hydroxylation is 1. The van der Waals surface area contributed by atoms with Crippen molar-refractivity contribution < 1.29 is 33.4 Å². The normalized spacial score (nSPS) is 29.0. The average molecular weight is 513 g/mol. The van der Waals surface area contributed by atoms with Crippen LogP contribution in [0, 0.1) is 30.6 Å². The molecule has 1 saturated heterocycles. The van der Waals surface area contributed by atoms with Crippen molar-refractivity contribution in [2.75, 3.05) is 6.61 Å². The van der Waals surface area contributed by atoms with Gasteiger partial charge in [-0.15, -0.1) is 0 Å². The van der Waals surface area contributed by atoms with E-state index in [1.54, 1.807) is 12.1 Å². The second kappa shape index (κ2) is 8.41. The molecule has 5 rings (SSSR count). The van der Waals surface area contributed by atoms with Crippen LogP contribution < -0.4 is 4.74 Å². The lowest BCUT2D eigenvalue weighted by Gasteiger charge is -2.26. The molecule has 0 amide bonds. The number of Topliss-reactive ketones (excluding diaryl/α,β-unsaturated/α-hetero) is 1. The highest BCUT2D eigenvalue weighted by Crippen LogP contribution is 2.60. The first-order valence-electron chi connectivity index (χ1n) is 10.8. The van der Waals surface area contributed by atoms with Crippen LogP contribution >= 0.6 is 15.9 Å². The number of esters is 3. The Hall–Kier alpha value is -3.00. The van der Waals surface area contributed by atoms with Crippen molar-refractivity contribution in [3.8, 4) is 5.75 Å². The standard InChI is InChI=1S/C25H21BrO7/c1-12-4-2-3-5-15(12)23(28)32-14-8-6-13(7-9-14)18(27)11-31-24(29)19-16-10-17-20(19)25(30)33-22(17)21(16)26/h2-9,16-17,19-22H,10-11H2,1H3/t16-,17-,19-,20-,21-,22+/m1/s1. The monoisotopic (exact) mass is 512 g/mol. The highest BCUT2D eigenvalue weighted by molar-refractivity contribution is 9.09. The van der Waals surface area contributed by atoms with E-state index in [-0.39, 0.29) is 34.5 Å². The summed E-state index contributed by atoms with van der Waals surface area (Å²) in [7, 11) is 0. The van der Waals surface area contributed by atoms with Crippen LogP contribution in [0.5, 0.6) is 5.75 Å². The average Bonchev–Trinajstić information content (AvgIpc) is 3.42. The van der Waals surface area contributed by atoms with Gasteiger partial charge in [0.1, 0.15) is 11.9 Å². The highest BCUT2D eigenvalue weighted by Gasteiger charge is 2.68. The van der Waals surface area contributed by atoms with Gasteiger partial charge in [-0.05, 0) is 55.2 Å². The molecule has 1 aliphatic heterocycles. The Morgan fingerprint density at radius 1 is 1.06 bits per heavy atom. The number of ether oxygens (including phenoxy) is 3. The van der Waals surface area contributed by atoms with Crippen LogP contribution in [0.15, 0.2) is 48.5 Å². The molecule has 33 heavy (non-hydrogen) atoms. The van der Waals surface area contributed by atoms with Crippen molar-refractivity contribution in [2.45, 2.75) is 24.3 Å². The molecule has 1 heterocycles. The predicted molar refractivity (Wildman–Crippen MR) is 119 cm³/mol. The third-order valence-electron chi connectivity index (χ3n) is 6.89. The summed E-state index contributed by atoms with van der Waals surface area (Å²) in [5.74, 6) is -2.49. The van der Waals surface area contributed by atoms with E-state index >= 15 is 0 Å². The Morgan fingerprint density at radius 3 is 2.52 bits per heavy atom. The fourth-order valence-corrected chi connectivity index (χ4v) is 6.33. The van der Waals surface area contributed by atoms with E-state index in [0.29, 0.717) is 16.9 Å². The minimum absolute atomic E-state index is 0.0266. The van der Waals surface area contributed by atoms with Gasteiger partial charge in [-0.3, -0.25) is 14.4 Å². The van der Waals surface area contributed by atoms with Gasteiger partial charge in [0.25, 0.3) is 0 Å². The summed E-state index contributed by atoms with van der Waals surface area (Å²) in [5, 5.41) is 0. The van der Waals surface area contributed by atoms with Gasteiger partial charge in [0.05, 0.1) is 22.2 Å². The van der Waals surface area contributed by atoms with Gasteiger partial charge in [0.2, 0.25) is 0 Å². The fraction of sp³-hybridized carbons (Fsp3) is 0.360. The second-order valence-corrected chi connectivity index (χ2v) is 9.78. The summed E-state index contributed by atoms with van der Waals surface area (Å²) in [6, 6.07) is 13.2. The van der Waals surface area contributed by atoms with Gasteiger partial charge in [-0.2, -0.15) is 0 Å². The molecule has 6 atom stereocenters. The van der Waals surface area contributed by atoms with Gasteiger partial charge >= 0.3 is 17.9 Å². The molecule has 170 valence electrons. The summed E-state index contributed by atoms with van der Waals surface area (Å²) < 4.78 is 16.1. The number of hydrogen-bond acceptors (Lipinski definition) is 7. The lowest BCUT2D eigenvalue weighted by Crippen LogP contribution is -2.39. The number of fused-ring (bicyclic) bond motifs is 1. The lowest BCUT2D eigenvalue weighted by molar-refractivity contribution is -0.154.